The van der Waals surface area contributed by atoms with Gasteiger partial charge in [-0.15, -0.1) is 0 Å². The largest absolute Gasteiger partial charge is 0.473 e. The monoisotopic (exact) mass is 535 g/mol. The Morgan fingerprint density at radius 3 is 2.22 bits per heavy atom. The Kier molecular flexibility index (Phi) is 8.48. The highest BCUT2D eigenvalue weighted by Gasteiger charge is 2.39. The lowest BCUT2D eigenvalue weighted by Crippen LogP contribution is -2.21. The number of hydrogen-bond donors (Lipinski definition) is 0. The molecule has 2 aromatic carbocycles. The van der Waals surface area contributed by atoms with Crippen molar-refractivity contribution in [3.63, 3.8) is 0 Å². The van der Waals surface area contributed by atoms with Gasteiger partial charge in [0.25, 0.3) is 0 Å². The molecule has 0 saturated heterocycles. The van der Waals surface area contributed by atoms with E-state index in [1.807, 2.05) is 13.8 Å². The molecule has 1 heterocycles. The quantitative estimate of drug-likeness (QED) is 0.159. The van der Waals surface area contributed by atoms with E-state index in [4.69, 9.17) is 14.0 Å². The number of carbonyl (C=O) groups is 1. The molecule has 5 nitrogen and oxygen atoms in total. The lowest BCUT2D eigenvalue weighted by Gasteiger charge is -2.22. The van der Waals surface area contributed by atoms with Crippen LogP contribution >= 0.6 is 11.8 Å². The van der Waals surface area contributed by atoms with Gasteiger partial charge in [-0.05, 0) is 48.4 Å². The van der Waals surface area contributed by atoms with Crippen molar-refractivity contribution in [1.82, 2.24) is 5.16 Å². The van der Waals surface area contributed by atoms with Crippen molar-refractivity contribution >= 4 is 28.7 Å². The van der Waals surface area contributed by atoms with Crippen LogP contribution in [0.25, 0.3) is 11.0 Å². The number of hydrogen-bond acceptors (Lipinski definition) is 6. The molecule has 0 saturated carbocycles. The van der Waals surface area contributed by atoms with E-state index in [-0.39, 0.29) is 45.4 Å². The number of thioether (sulfide) groups is 1. The highest BCUT2D eigenvalue weighted by atomic mass is 32.2. The molecule has 36 heavy (non-hydrogen) atoms. The molecular weight excluding hydrogens is 512 g/mol. The highest BCUT2D eigenvalue weighted by molar-refractivity contribution is 8.00. The number of halogens is 6. The van der Waals surface area contributed by atoms with E-state index in [1.165, 1.54) is 30.3 Å². The predicted molar refractivity (Wildman–Crippen MR) is 121 cm³/mol. The highest BCUT2D eigenvalue weighted by Crippen LogP contribution is 2.42. The minimum Gasteiger partial charge on any atom is -0.473 e. The van der Waals surface area contributed by atoms with Crippen LogP contribution in [0.5, 0.6) is 5.75 Å². The van der Waals surface area contributed by atoms with Crippen LogP contribution in [-0.2, 0) is 28.5 Å². The van der Waals surface area contributed by atoms with Crippen molar-refractivity contribution in [1.29, 1.82) is 0 Å². The smallest absolute Gasteiger partial charge is 0.446 e. The third-order valence-corrected chi connectivity index (χ3v) is 5.98. The first-order valence-electron chi connectivity index (χ1n) is 11.0. The van der Waals surface area contributed by atoms with Gasteiger partial charge in [0.2, 0.25) is 6.10 Å². The van der Waals surface area contributed by atoms with Crippen LogP contribution in [0.4, 0.5) is 26.3 Å². The van der Waals surface area contributed by atoms with Crippen LogP contribution in [0.2, 0.25) is 0 Å². The van der Waals surface area contributed by atoms with E-state index in [9.17, 15) is 31.1 Å². The number of ether oxygens (including phenoxy) is 2. The summed E-state index contributed by atoms with van der Waals surface area (Å²) in [6.45, 7) is 3.65. The van der Waals surface area contributed by atoms with Crippen LogP contribution in [0, 0.1) is 0 Å². The lowest BCUT2D eigenvalue weighted by atomic mass is 9.97. The van der Waals surface area contributed by atoms with Gasteiger partial charge in [-0.3, -0.25) is 0 Å². The van der Waals surface area contributed by atoms with E-state index in [0.29, 0.717) is 30.4 Å². The van der Waals surface area contributed by atoms with Crippen LogP contribution < -0.4 is 4.74 Å². The number of benzene rings is 2. The number of alkyl halides is 6. The molecule has 3 rings (SSSR count). The maximum absolute atomic E-state index is 13.5. The third-order valence-electron chi connectivity index (χ3n) is 5.24. The molecule has 0 radical (unpaired) electrons. The normalized spacial score (nSPS) is 13.1. The number of methoxy groups -OCH3 is 1. The number of carbonyl (C=O) groups excluding carboxylic acids is 1. The molecule has 0 N–H and O–H groups in total. The van der Waals surface area contributed by atoms with E-state index >= 15 is 0 Å². The van der Waals surface area contributed by atoms with Gasteiger partial charge in [0, 0.05) is 16.0 Å². The van der Waals surface area contributed by atoms with Gasteiger partial charge in [0.1, 0.15) is 5.75 Å². The molecule has 1 unspecified atom stereocenters. The molecule has 0 aliphatic heterocycles. The molecule has 196 valence electrons. The zero-order valence-electron chi connectivity index (χ0n) is 19.5. The van der Waals surface area contributed by atoms with Crippen LogP contribution in [0.15, 0.2) is 39.8 Å². The summed E-state index contributed by atoms with van der Waals surface area (Å²) in [5.41, 5.74) is -4.78. The average molecular weight is 536 g/mol. The Labute approximate surface area is 207 Å². The molecule has 0 fully saturated rings. The summed E-state index contributed by atoms with van der Waals surface area (Å²) in [5.74, 6) is -0.662. The van der Waals surface area contributed by atoms with Crippen molar-refractivity contribution in [2.75, 3.05) is 7.11 Å². The fourth-order valence-corrected chi connectivity index (χ4v) is 4.33. The molecular formula is C24H23F6NO4S. The minimum atomic E-state index is -4.73. The summed E-state index contributed by atoms with van der Waals surface area (Å²) < 4.78 is 94.7. The Morgan fingerprint density at radius 2 is 1.69 bits per heavy atom. The first-order chi connectivity index (χ1) is 16.9. The van der Waals surface area contributed by atoms with Crippen LogP contribution in [-0.4, -0.2) is 23.7 Å². The summed E-state index contributed by atoms with van der Waals surface area (Å²) in [7, 11) is 1.13. The molecule has 0 aliphatic rings. The molecule has 1 atom stereocenters. The maximum atomic E-state index is 13.5. The summed E-state index contributed by atoms with van der Waals surface area (Å²) in [4.78, 5) is 12.6. The van der Waals surface area contributed by atoms with Crippen molar-refractivity contribution in [2.45, 2.75) is 62.2 Å². The number of nitrogens with zero attached hydrogens (tertiary/aromatic N) is 1. The van der Waals surface area contributed by atoms with Crippen LogP contribution in [0.1, 0.15) is 55.2 Å². The number of fused-ring (bicyclic) bond motifs is 1. The van der Waals surface area contributed by atoms with Gasteiger partial charge in [0.05, 0.1) is 12.5 Å². The molecule has 12 heteroatoms. The molecule has 0 amide bonds. The van der Waals surface area contributed by atoms with E-state index < -0.39 is 29.5 Å². The number of aryl methyl sites for hydroxylation is 2. The van der Waals surface area contributed by atoms with Crippen LogP contribution in [0.3, 0.4) is 0 Å². The topological polar surface area (TPSA) is 61.6 Å². The van der Waals surface area contributed by atoms with Gasteiger partial charge in [-0.1, -0.05) is 44.0 Å². The van der Waals surface area contributed by atoms with Gasteiger partial charge >= 0.3 is 17.7 Å². The molecule has 0 aliphatic carbocycles. The van der Waals surface area contributed by atoms with Crippen molar-refractivity contribution in [3.8, 4) is 5.75 Å². The number of esters is 1. The van der Waals surface area contributed by atoms with E-state index in [1.54, 1.807) is 0 Å². The van der Waals surface area contributed by atoms with Gasteiger partial charge in [0.15, 0.2) is 11.3 Å². The Hall–Kier alpha value is -2.89. The fraction of sp³-hybridized carbons (Fsp3) is 0.417. The van der Waals surface area contributed by atoms with Gasteiger partial charge in [-0.25, -0.2) is 4.79 Å². The molecule has 1 aromatic heterocycles. The maximum Gasteiger partial charge on any atom is 0.446 e. The molecule has 3 aromatic rings. The van der Waals surface area contributed by atoms with Crippen molar-refractivity contribution in [2.24, 2.45) is 0 Å². The zero-order chi connectivity index (χ0) is 26.7. The number of aromatic nitrogens is 1. The minimum absolute atomic E-state index is 0.0871. The van der Waals surface area contributed by atoms with E-state index in [0.717, 1.165) is 7.11 Å². The Balaban J connectivity index is 2.14. The zero-order valence-corrected chi connectivity index (χ0v) is 20.4. The Bertz CT molecular complexity index is 1200. The SMILES string of the molecule is CCCc1cc2c(C(F)(F)F)noc2c(CCC)c1OC(C(=O)OC)c1ccc(SC(F)(F)F)cc1. The summed E-state index contributed by atoms with van der Waals surface area (Å²) >= 11 is -0.305. The lowest BCUT2D eigenvalue weighted by molar-refractivity contribution is -0.149. The summed E-state index contributed by atoms with van der Waals surface area (Å²) in [6.07, 6.45) is -4.43. The summed E-state index contributed by atoms with van der Waals surface area (Å²) in [5, 5.41) is 3.03. The second kappa shape index (κ2) is 11.0. The third kappa shape index (κ3) is 6.26. The summed E-state index contributed by atoms with van der Waals surface area (Å²) in [6, 6.07) is 6.31. The number of rotatable bonds is 9. The van der Waals surface area contributed by atoms with Crippen molar-refractivity contribution in [3.05, 3.63) is 52.7 Å². The van der Waals surface area contributed by atoms with E-state index in [2.05, 4.69) is 5.16 Å². The first kappa shape index (κ1) is 27.7. The van der Waals surface area contributed by atoms with Gasteiger partial charge in [-0.2, -0.15) is 26.3 Å². The average Bonchev–Trinajstić information content (AvgIpc) is 3.22. The van der Waals surface area contributed by atoms with Crippen molar-refractivity contribution < 1.29 is 45.1 Å². The predicted octanol–water partition coefficient (Wildman–Crippen LogP) is 7.66. The molecule has 0 spiro atoms. The standard InChI is InChI=1S/C24H23F6NO4S/c1-4-6-14-12-17-20(35-31-21(17)23(25,26)27)16(7-5-2)18(14)34-19(22(32)33-3)13-8-10-15(11-9-13)36-24(28,29)30/h8-12,19H,4-7H2,1-3H3. The van der Waals surface area contributed by atoms with Gasteiger partial charge < -0.3 is 14.0 Å². The second-order valence-corrected chi connectivity index (χ2v) is 9.03. The molecule has 0 bridgehead atoms. The fourth-order valence-electron chi connectivity index (χ4n) is 3.79. The Morgan fingerprint density at radius 1 is 1.06 bits per heavy atom. The first-order valence-corrected chi connectivity index (χ1v) is 11.8. The second-order valence-electron chi connectivity index (χ2n) is 7.89.